The van der Waals surface area contributed by atoms with E-state index < -0.39 is 10.0 Å². The number of ether oxygens (including phenoxy) is 2. The topological polar surface area (TPSA) is 84.9 Å². The summed E-state index contributed by atoms with van der Waals surface area (Å²) in [6, 6.07) is 13.9. The number of hydrogen-bond donors (Lipinski definition) is 1. The molecule has 160 valence electrons. The maximum absolute atomic E-state index is 12.8. The Hall–Kier alpha value is -2.58. The fourth-order valence-electron chi connectivity index (χ4n) is 3.84. The molecule has 0 spiro atoms. The second kappa shape index (κ2) is 8.65. The van der Waals surface area contributed by atoms with Gasteiger partial charge in [0.1, 0.15) is 13.2 Å². The first kappa shape index (κ1) is 20.7. The molecule has 0 saturated carbocycles. The van der Waals surface area contributed by atoms with Crippen molar-refractivity contribution in [2.75, 3.05) is 26.3 Å². The maximum atomic E-state index is 12.8. The molecular weight excluding hydrogens is 404 g/mol. The molecule has 2 heterocycles. The van der Waals surface area contributed by atoms with Gasteiger partial charge in [0.05, 0.1) is 10.9 Å². The van der Waals surface area contributed by atoms with Gasteiger partial charge in [-0.1, -0.05) is 24.3 Å². The summed E-state index contributed by atoms with van der Waals surface area (Å²) < 4.78 is 38.1. The molecule has 2 aliphatic heterocycles. The van der Waals surface area contributed by atoms with Crippen LogP contribution in [0.2, 0.25) is 0 Å². The van der Waals surface area contributed by atoms with Gasteiger partial charge >= 0.3 is 0 Å². The summed E-state index contributed by atoms with van der Waals surface area (Å²) >= 11 is 0. The zero-order valence-corrected chi connectivity index (χ0v) is 17.7. The molecule has 1 N–H and O–H groups in total. The average molecular weight is 431 g/mol. The van der Waals surface area contributed by atoms with Crippen LogP contribution in [-0.2, 0) is 14.8 Å². The van der Waals surface area contributed by atoms with Crippen molar-refractivity contribution in [1.29, 1.82) is 0 Å². The van der Waals surface area contributed by atoms with Crippen molar-refractivity contribution in [1.82, 2.24) is 9.62 Å². The van der Waals surface area contributed by atoms with Gasteiger partial charge < -0.3 is 14.8 Å². The molecule has 7 nitrogen and oxygen atoms in total. The number of sulfonamides is 1. The summed E-state index contributed by atoms with van der Waals surface area (Å²) in [6.45, 7) is 3.67. The Morgan fingerprint density at radius 1 is 1.03 bits per heavy atom. The van der Waals surface area contributed by atoms with E-state index in [9.17, 15) is 13.2 Å². The first-order chi connectivity index (χ1) is 14.4. The Bertz CT molecular complexity index is 1000. The predicted molar refractivity (Wildman–Crippen MR) is 112 cm³/mol. The number of fused-ring (bicyclic) bond motifs is 1. The zero-order chi connectivity index (χ0) is 21.1. The third-order valence-electron chi connectivity index (χ3n) is 5.63. The van der Waals surface area contributed by atoms with Gasteiger partial charge in [-0.05, 0) is 49.6 Å². The van der Waals surface area contributed by atoms with Crippen LogP contribution in [0.3, 0.4) is 0 Å². The zero-order valence-electron chi connectivity index (χ0n) is 16.9. The van der Waals surface area contributed by atoms with Crippen LogP contribution < -0.4 is 14.8 Å². The molecule has 0 aromatic heterocycles. The molecule has 1 atom stereocenters. The first-order valence-electron chi connectivity index (χ1n) is 10.2. The van der Waals surface area contributed by atoms with Crippen LogP contribution in [0.1, 0.15) is 31.4 Å². The summed E-state index contributed by atoms with van der Waals surface area (Å²) in [6.07, 6.45) is 1.01. The predicted octanol–water partition coefficient (Wildman–Crippen LogP) is 2.74. The van der Waals surface area contributed by atoms with Gasteiger partial charge in [-0.3, -0.25) is 4.79 Å². The molecule has 2 aliphatic rings. The molecule has 2 aromatic rings. The van der Waals surface area contributed by atoms with Gasteiger partial charge in [0.2, 0.25) is 15.9 Å². The molecule has 0 aliphatic carbocycles. The first-order valence-corrected chi connectivity index (χ1v) is 11.6. The second-order valence-electron chi connectivity index (χ2n) is 7.62. The summed E-state index contributed by atoms with van der Waals surface area (Å²) in [5.74, 6) is 1.16. The van der Waals surface area contributed by atoms with E-state index in [4.69, 9.17) is 9.47 Å². The van der Waals surface area contributed by atoms with E-state index in [1.54, 1.807) is 30.3 Å². The highest BCUT2D eigenvalue weighted by Crippen LogP contribution is 2.33. The highest BCUT2D eigenvalue weighted by atomic mass is 32.2. The lowest BCUT2D eigenvalue weighted by atomic mass is 9.96. The van der Waals surface area contributed by atoms with Crippen molar-refractivity contribution >= 4 is 15.9 Å². The minimum Gasteiger partial charge on any atom is -0.486 e. The number of amides is 1. The molecule has 1 saturated heterocycles. The number of benzene rings is 2. The van der Waals surface area contributed by atoms with Crippen LogP contribution >= 0.6 is 0 Å². The third-order valence-corrected chi connectivity index (χ3v) is 7.54. The molecule has 0 bridgehead atoms. The number of piperidine rings is 1. The second-order valence-corrected chi connectivity index (χ2v) is 9.56. The largest absolute Gasteiger partial charge is 0.486 e. The molecule has 2 aromatic carbocycles. The smallest absolute Gasteiger partial charge is 0.243 e. The normalized spacial score (nSPS) is 18.6. The van der Waals surface area contributed by atoms with Gasteiger partial charge in [-0.2, -0.15) is 4.31 Å². The lowest BCUT2D eigenvalue weighted by molar-refractivity contribution is -0.126. The van der Waals surface area contributed by atoms with Gasteiger partial charge in [0, 0.05) is 19.0 Å². The highest BCUT2D eigenvalue weighted by molar-refractivity contribution is 7.89. The van der Waals surface area contributed by atoms with Crippen molar-refractivity contribution in [3.05, 3.63) is 54.1 Å². The lowest BCUT2D eigenvalue weighted by Gasteiger charge is -2.31. The Morgan fingerprint density at radius 2 is 1.70 bits per heavy atom. The number of rotatable bonds is 5. The van der Waals surface area contributed by atoms with Crippen LogP contribution in [0.5, 0.6) is 11.5 Å². The lowest BCUT2D eigenvalue weighted by Crippen LogP contribution is -2.43. The molecule has 30 heavy (non-hydrogen) atoms. The number of carbonyl (C=O) groups is 1. The minimum absolute atomic E-state index is 0.0471. The summed E-state index contributed by atoms with van der Waals surface area (Å²) in [5, 5.41) is 3.05. The summed E-state index contributed by atoms with van der Waals surface area (Å²) in [5.41, 5.74) is 0.941. The van der Waals surface area contributed by atoms with E-state index in [-0.39, 0.29) is 17.9 Å². The molecule has 1 fully saturated rings. The number of carbonyl (C=O) groups excluding carboxylic acids is 1. The summed E-state index contributed by atoms with van der Waals surface area (Å²) in [7, 11) is -3.51. The van der Waals surface area contributed by atoms with Gasteiger partial charge in [-0.15, -0.1) is 0 Å². The Kier molecular flexibility index (Phi) is 5.97. The Morgan fingerprint density at radius 3 is 2.40 bits per heavy atom. The highest BCUT2D eigenvalue weighted by Gasteiger charge is 2.32. The average Bonchev–Trinajstić information content (AvgIpc) is 2.79. The van der Waals surface area contributed by atoms with Crippen molar-refractivity contribution in [2.24, 2.45) is 5.92 Å². The van der Waals surface area contributed by atoms with Crippen molar-refractivity contribution in [3.63, 3.8) is 0 Å². The molecule has 4 rings (SSSR count). The van der Waals surface area contributed by atoms with E-state index in [0.717, 1.165) is 11.3 Å². The van der Waals surface area contributed by atoms with E-state index in [1.807, 2.05) is 25.1 Å². The van der Waals surface area contributed by atoms with E-state index in [1.165, 1.54) is 4.31 Å². The SMILES string of the molecule is C[C@H](NC(=O)C1CCN(S(=O)(=O)c2ccccc2)CC1)c1ccc2c(c1)OCCO2. The van der Waals surface area contributed by atoms with Gasteiger partial charge in [-0.25, -0.2) is 8.42 Å². The van der Waals surface area contributed by atoms with E-state index >= 15 is 0 Å². The molecule has 0 unspecified atom stereocenters. The molecule has 1 amide bonds. The van der Waals surface area contributed by atoms with Crippen LogP contribution in [0.15, 0.2) is 53.4 Å². The fourth-order valence-corrected chi connectivity index (χ4v) is 5.33. The van der Waals surface area contributed by atoms with Crippen LogP contribution in [0, 0.1) is 5.92 Å². The monoisotopic (exact) mass is 430 g/mol. The van der Waals surface area contributed by atoms with Crippen molar-refractivity contribution < 1.29 is 22.7 Å². The molecular formula is C22H26N2O5S. The standard InChI is InChI=1S/C22H26N2O5S/c1-16(18-7-8-20-21(15-18)29-14-13-28-20)23-22(25)17-9-11-24(12-10-17)30(26,27)19-5-3-2-4-6-19/h2-8,15-17H,9-14H2,1H3,(H,23,25)/t16-/m0/s1. The number of hydrogen-bond acceptors (Lipinski definition) is 5. The summed E-state index contributed by atoms with van der Waals surface area (Å²) in [4.78, 5) is 13.1. The van der Waals surface area contributed by atoms with Crippen molar-refractivity contribution in [2.45, 2.75) is 30.7 Å². The Balaban J connectivity index is 1.34. The van der Waals surface area contributed by atoms with Crippen LogP contribution in [-0.4, -0.2) is 44.9 Å². The van der Waals surface area contributed by atoms with E-state index in [2.05, 4.69) is 5.32 Å². The fraction of sp³-hybridized carbons (Fsp3) is 0.409. The number of nitrogens with one attached hydrogen (secondary N) is 1. The quantitative estimate of drug-likeness (QED) is 0.789. The molecule has 0 radical (unpaired) electrons. The minimum atomic E-state index is -3.51. The van der Waals surface area contributed by atoms with Gasteiger partial charge in [0.25, 0.3) is 0 Å². The Labute approximate surface area is 177 Å². The van der Waals surface area contributed by atoms with Crippen LogP contribution in [0.25, 0.3) is 0 Å². The maximum Gasteiger partial charge on any atom is 0.243 e. The third kappa shape index (κ3) is 4.29. The van der Waals surface area contributed by atoms with Crippen molar-refractivity contribution in [3.8, 4) is 11.5 Å². The van der Waals surface area contributed by atoms with E-state index in [0.29, 0.717) is 49.8 Å². The number of nitrogens with zero attached hydrogens (tertiary/aromatic N) is 1. The van der Waals surface area contributed by atoms with Crippen LogP contribution in [0.4, 0.5) is 0 Å². The molecule has 8 heteroatoms. The van der Waals surface area contributed by atoms with Gasteiger partial charge in [0.15, 0.2) is 11.5 Å².